The van der Waals surface area contributed by atoms with Crippen LogP contribution in [0.2, 0.25) is 5.02 Å². The highest BCUT2D eigenvalue weighted by atomic mass is 35.5. The van der Waals surface area contributed by atoms with Gasteiger partial charge in [-0.05, 0) is 36.4 Å². The average Bonchev–Trinajstić information content (AvgIpc) is 3.09. The van der Waals surface area contributed by atoms with E-state index in [9.17, 15) is 4.79 Å². The van der Waals surface area contributed by atoms with Gasteiger partial charge in [-0.15, -0.1) is 16.9 Å². The fourth-order valence-electron chi connectivity index (χ4n) is 2.01. The fourth-order valence-corrected chi connectivity index (χ4v) is 3.00. The molecule has 0 fully saturated rings. The van der Waals surface area contributed by atoms with Crippen molar-refractivity contribution >= 4 is 35.3 Å². The fraction of sp³-hybridized carbons (Fsp3) is 0.167. The summed E-state index contributed by atoms with van der Waals surface area (Å²) >= 11 is 7.49. The number of ether oxygens (including phenoxy) is 1. The predicted molar refractivity (Wildman–Crippen MR) is 101 cm³/mol. The lowest BCUT2D eigenvalue weighted by Gasteiger charge is -2.05. The largest absolute Gasteiger partial charge is 0.484 e. The second-order valence-electron chi connectivity index (χ2n) is 5.20. The van der Waals surface area contributed by atoms with Crippen molar-refractivity contribution in [1.82, 2.24) is 10.2 Å². The summed E-state index contributed by atoms with van der Waals surface area (Å²) in [6.45, 7) is -0.163. The molecule has 2 aromatic carbocycles. The van der Waals surface area contributed by atoms with Gasteiger partial charge in [0.15, 0.2) is 6.61 Å². The Bertz CT molecular complexity index is 840. The number of thioether (sulfide) groups is 1. The van der Waals surface area contributed by atoms with E-state index in [-0.39, 0.29) is 18.5 Å². The van der Waals surface area contributed by atoms with E-state index in [4.69, 9.17) is 20.8 Å². The number of hydrogen-bond donors (Lipinski definition) is 1. The molecule has 3 rings (SSSR count). The lowest BCUT2D eigenvalue weighted by Crippen LogP contribution is -2.20. The third-order valence-corrected chi connectivity index (χ3v) is 4.49. The number of anilines is 1. The maximum Gasteiger partial charge on any atom is 0.322 e. The Morgan fingerprint density at radius 1 is 1.12 bits per heavy atom. The summed E-state index contributed by atoms with van der Waals surface area (Å²) in [5, 5.41) is 10.9. The van der Waals surface area contributed by atoms with Crippen LogP contribution in [0, 0.1) is 0 Å². The third-order valence-electron chi connectivity index (χ3n) is 3.22. The zero-order valence-electron chi connectivity index (χ0n) is 13.7. The standard InChI is InChI=1S/C18H16ClN3O3S/c19-13-6-8-14(9-7-13)24-12-16(23)20-18-22-21-17(25-18)10-11-26-15-4-2-1-3-5-15/h1-9H,10-12H2,(H,20,22,23). The molecule has 0 saturated carbocycles. The summed E-state index contributed by atoms with van der Waals surface area (Å²) in [6.07, 6.45) is 0.615. The first-order valence-corrected chi connectivity index (χ1v) is 9.24. The third kappa shape index (κ3) is 5.79. The maximum atomic E-state index is 11.9. The van der Waals surface area contributed by atoms with Crippen molar-refractivity contribution in [2.45, 2.75) is 11.3 Å². The van der Waals surface area contributed by atoms with E-state index in [1.807, 2.05) is 30.3 Å². The molecule has 0 spiro atoms. The topological polar surface area (TPSA) is 77.2 Å². The Balaban J connectivity index is 1.41. The number of aryl methyl sites for hydroxylation is 1. The van der Waals surface area contributed by atoms with Gasteiger partial charge in [0.2, 0.25) is 5.89 Å². The molecule has 1 heterocycles. The molecule has 1 amide bonds. The summed E-state index contributed by atoms with van der Waals surface area (Å²) in [5.41, 5.74) is 0. The van der Waals surface area contributed by atoms with E-state index >= 15 is 0 Å². The van der Waals surface area contributed by atoms with Gasteiger partial charge in [0.05, 0.1) is 0 Å². The van der Waals surface area contributed by atoms with Crippen LogP contribution in [0.1, 0.15) is 5.89 Å². The zero-order chi connectivity index (χ0) is 18.2. The molecule has 6 nitrogen and oxygen atoms in total. The van der Waals surface area contributed by atoms with Gasteiger partial charge in [-0.2, -0.15) is 0 Å². The van der Waals surface area contributed by atoms with E-state index in [0.29, 0.717) is 23.1 Å². The van der Waals surface area contributed by atoms with Crippen LogP contribution in [0.4, 0.5) is 6.01 Å². The van der Waals surface area contributed by atoms with Crippen molar-refractivity contribution in [3.8, 4) is 5.75 Å². The van der Waals surface area contributed by atoms with Crippen LogP contribution < -0.4 is 10.1 Å². The summed E-state index contributed by atoms with van der Waals surface area (Å²) in [7, 11) is 0. The normalized spacial score (nSPS) is 10.5. The SMILES string of the molecule is O=C(COc1ccc(Cl)cc1)Nc1nnc(CCSc2ccccc2)o1. The molecule has 1 aromatic heterocycles. The Labute approximate surface area is 159 Å². The molecule has 3 aromatic rings. The van der Waals surface area contributed by atoms with Gasteiger partial charge in [0, 0.05) is 22.1 Å². The molecule has 0 atom stereocenters. The first-order valence-electron chi connectivity index (χ1n) is 7.87. The van der Waals surface area contributed by atoms with Crippen LogP contribution in [0.3, 0.4) is 0 Å². The lowest BCUT2D eigenvalue weighted by molar-refractivity contribution is -0.118. The molecule has 0 radical (unpaired) electrons. The quantitative estimate of drug-likeness (QED) is 0.585. The van der Waals surface area contributed by atoms with Crippen LogP contribution in [0.15, 0.2) is 63.9 Å². The summed E-state index contributed by atoms with van der Waals surface area (Å²) in [4.78, 5) is 13.0. The highest BCUT2D eigenvalue weighted by Gasteiger charge is 2.10. The zero-order valence-corrected chi connectivity index (χ0v) is 15.3. The number of aromatic nitrogens is 2. The van der Waals surface area contributed by atoms with Crippen LogP contribution in [0.25, 0.3) is 0 Å². The summed E-state index contributed by atoms with van der Waals surface area (Å²) < 4.78 is 10.8. The Morgan fingerprint density at radius 2 is 1.88 bits per heavy atom. The second-order valence-corrected chi connectivity index (χ2v) is 6.81. The molecule has 0 aliphatic carbocycles. The van der Waals surface area contributed by atoms with E-state index < -0.39 is 0 Å². The smallest absolute Gasteiger partial charge is 0.322 e. The number of benzene rings is 2. The number of halogens is 1. The molecule has 134 valence electrons. The van der Waals surface area contributed by atoms with Crippen LogP contribution >= 0.6 is 23.4 Å². The van der Waals surface area contributed by atoms with E-state index in [0.717, 1.165) is 5.75 Å². The Morgan fingerprint density at radius 3 is 2.65 bits per heavy atom. The minimum Gasteiger partial charge on any atom is -0.484 e. The molecular weight excluding hydrogens is 374 g/mol. The summed E-state index contributed by atoms with van der Waals surface area (Å²) in [5.74, 6) is 1.45. The van der Waals surface area contributed by atoms with E-state index in [2.05, 4.69) is 15.5 Å². The molecule has 0 saturated heterocycles. The van der Waals surface area contributed by atoms with E-state index in [1.54, 1.807) is 36.0 Å². The number of carbonyl (C=O) groups is 1. The number of rotatable bonds is 8. The van der Waals surface area contributed by atoms with Gasteiger partial charge in [0.25, 0.3) is 5.91 Å². The number of nitrogens with one attached hydrogen (secondary N) is 1. The minimum atomic E-state index is -0.381. The molecule has 26 heavy (non-hydrogen) atoms. The second kappa shape index (κ2) is 9.26. The molecular formula is C18H16ClN3O3S. The Hall–Kier alpha value is -2.51. The van der Waals surface area contributed by atoms with Crippen molar-refractivity contribution in [1.29, 1.82) is 0 Å². The average molecular weight is 390 g/mol. The van der Waals surface area contributed by atoms with Crippen LogP contribution in [-0.4, -0.2) is 28.5 Å². The van der Waals surface area contributed by atoms with Crippen LogP contribution in [-0.2, 0) is 11.2 Å². The first-order chi connectivity index (χ1) is 12.7. The summed E-state index contributed by atoms with van der Waals surface area (Å²) in [6, 6.07) is 16.9. The number of amides is 1. The number of carbonyl (C=O) groups excluding carboxylic acids is 1. The maximum absolute atomic E-state index is 11.9. The minimum absolute atomic E-state index is 0.0643. The monoisotopic (exact) mass is 389 g/mol. The Kier molecular flexibility index (Phi) is 6.51. The number of hydrogen-bond acceptors (Lipinski definition) is 6. The molecule has 0 bridgehead atoms. The van der Waals surface area contributed by atoms with Gasteiger partial charge in [-0.1, -0.05) is 34.9 Å². The highest BCUT2D eigenvalue weighted by molar-refractivity contribution is 7.99. The van der Waals surface area contributed by atoms with E-state index in [1.165, 1.54) is 4.90 Å². The molecule has 0 aliphatic heterocycles. The molecule has 1 N–H and O–H groups in total. The van der Waals surface area contributed by atoms with Gasteiger partial charge in [-0.25, -0.2) is 0 Å². The van der Waals surface area contributed by atoms with Gasteiger partial charge in [0.1, 0.15) is 5.75 Å². The highest BCUT2D eigenvalue weighted by Crippen LogP contribution is 2.19. The first kappa shape index (κ1) is 18.3. The van der Waals surface area contributed by atoms with Crippen molar-refractivity contribution in [3.63, 3.8) is 0 Å². The predicted octanol–water partition coefficient (Wildman–Crippen LogP) is 4.08. The molecule has 0 unspecified atom stereocenters. The van der Waals surface area contributed by atoms with Crippen molar-refractivity contribution in [3.05, 3.63) is 65.5 Å². The van der Waals surface area contributed by atoms with Crippen molar-refractivity contribution < 1.29 is 13.9 Å². The lowest BCUT2D eigenvalue weighted by atomic mass is 10.3. The molecule has 0 aliphatic rings. The van der Waals surface area contributed by atoms with Gasteiger partial charge in [-0.3, -0.25) is 10.1 Å². The van der Waals surface area contributed by atoms with Crippen molar-refractivity contribution in [2.75, 3.05) is 17.7 Å². The van der Waals surface area contributed by atoms with Crippen LogP contribution in [0.5, 0.6) is 5.75 Å². The molecule has 8 heteroatoms. The van der Waals surface area contributed by atoms with Gasteiger partial charge >= 0.3 is 6.01 Å². The van der Waals surface area contributed by atoms with Gasteiger partial charge < -0.3 is 9.15 Å². The van der Waals surface area contributed by atoms with Crippen molar-refractivity contribution in [2.24, 2.45) is 0 Å². The number of nitrogens with zero attached hydrogens (tertiary/aromatic N) is 2.